The van der Waals surface area contributed by atoms with Gasteiger partial charge in [-0.25, -0.2) is 0 Å². The predicted molar refractivity (Wildman–Crippen MR) is 51.1 cm³/mol. The van der Waals surface area contributed by atoms with Gasteiger partial charge in [0.05, 0.1) is 11.6 Å². The molecule has 0 saturated carbocycles. The van der Waals surface area contributed by atoms with Crippen molar-refractivity contribution < 1.29 is 5.11 Å². The van der Waals surface area contributed by atoms with Gasteiger partial charge in [0, 0.05) is 12.5 Å². The molecule has 0 aliphatic carbocycles. The quantitative estimate of drug-likeness (QED) is 0.742. The van der Waals surface area contributed by atoms with Crippen molar-refractivity contribution in [3.05, 3.63) is 41.8 Å². The summed E-state index contributed by atoms with van der Waals surface area (Å²) in [6.45, 7) is 5.67. The van der Waals surface area contributed by atoms with Crippen molar-refractivity contribution in [3.63, 3.8) is 0 Å². The summed E-state index contributed by atoms with van der Waals surface area (Å²) >= 11 is 0. The molecule has 13 heavy (non-hydrogen) atoms. The molecule has 0 fully saturated rings. The lowest BCUT2D eigenvalue weighted by atomic mass is 9.98. The minimum absolute atomic E-state index is 0.00787. The molecule has 1 aromatic carbocycles. The minimum Gasteiger partial charge on any atom is -0.396 e. The largest absolute Gasteiger partial charge is 0.396 e. The molecule has 1 atom stereocenters. The maximum Gasteiger partial charge on any atom is 0.0994 e. The van der Waals surface area contributed by atoms with Crippen molar-refractivity contribution in [1.29, 1.82) is 5.26 Å². The van der Waals surface area contributed by atoms with Crippen LogP contribution in [-0.2, 0) is 0 Å². The molecule has 2 heteroatoms. The van der Waals surface area contributed by atoms with Crippen LogP contribution in [0, 0.1) is 25.2 Å². The Morgan fingerprint density at radius 3 is 2.85 bits per heavy atom. The van der Waals surface area contributed by atoms with Gasteiger partial charge in [0.25, 0.3) is 0 Å². The Hall–Kier alpha value is -1.33. The van der Waals surface area contributed by atoms with Crippen LogP contribution in [-0.4, -0.2) is 11.7 Å². The first-order valence-electron chi connectivity index (χ1n) is 4.13. The molecule has 1 rings (SSSR count). The molecule has 0 aliphatic rings. The predicted octanol–water partition coefficient (Wildman–Crippen LogP) is 1.78. The van der Waals surface area contributed by atoms with E-state index in [0.29, 0.717) is 5.56 Å². The number of nitriles is 1. The van der Waals surface area contributed by atoms with Crippen LogP contribution in [0.3, 0.4) is 0 Å². The second kappa shape index (κ2) is 4.06. The zero-order valence-electron chi connectivity index (χ0n) is 7.62. The smallest absolute Gasteiger partial charge is 0.0994 e. The fraction of sp³-hybridized carbons (Fsp3) is 0.273. The SMILES string of the molecule is [CH2]C(CO)c1ccc(C)c(C#N)c1. The molecular weight excluding hydrogens is 162 g/mol. The highest BCUT2D eigenvalue weighted by Crippen LogP contribution is 2.17. The van der Waals surface area contributed by atoms with Crippen molar-refractivity contribution in [3.8, 4) is 6.07 Å². The molecule has 1 radical (unpaired) electrons. The van der Waals surface area contributed by atoms with Crippen LogP contribution < -0.4 is 0 Å². The molecule has 1 unspecified atom stereocenters. The highest BCUT2D eigenvalue weighted by Gasteiger charge is 2.05. The Kier molecular flexibility index (Phi) is 3.05. The van der Waals surface area contributed by atoms with Gasteiger partial charge in [0.2, 0.25) is 0 Å². The number of nitrogens with zero attached hydrogens (tertiary/aromatic N) is 1. The highest BCUT2D eigenvalue weighted by molar-refractivity contribution is 5.41. The summed E-state index contributed by atoms with van der Waals surface area (Å²) in [5.41, 5.74) is 2.51. The summed E-state index contributed by atoms with van der Waals surface area (Å²) in [5, 5.41) is 17.6. The summed E-state index contributed by atoms with van der Waals surface area (Å²) in [7, 11) is 0. The van der Waals surface area contributed by atoms with E-state index in [0.717, 1.165) is 11.1 Å². The molecule has 0 bridgehead atoms. The molecule has 0 heterocycles. The van der Waals surface area contributed by atoms with Crippen LogP contribution in [0.25, 0.3) is 0 Å². The molecular formula is C11H12NO. The first-order valence-corrected chi connectivity index (χ1v) is 4.13. The molecule has 0 aliphatic heterocycles. The molecule has 1 N–H and O–H groups in total. The third kappa shape index (κ3) is 2.07. The number of benzene rings is 1. The van der Waals surface area contributed by atoms with Crippen molar-refractivity contribution in [2.24, 2.45) is 0 Å². The van der Waals surface area contributed by atoms with Gasteiger partial charge in [-0.15, -0.1) is 0 Å². The number of aryl methyl sites for hydroxylation is 1. The van der Waals surface area contributed by atoms with Crippen LogP contribution in [0.15, 0.2) is 18.2 Å². The van der Waals surface area contributed by atoms with Gasteiger partial charge in [-0.2, -0.15) is 5.26 Å². The van der Waals surface area contributed by atoms with E-state index < -0.39 is 0 Å². The van der Waals surface area contributed by atoms with Crippen molar-refractivity contribution >= 4 is 0 Å². The maximum absolute atomic E-state index is 8.88. The first-order chi connectivity index (χ1) is 6.19. The van der Waals surface area contributed by atoms with Crippen LogP contribution in [0.4, 0.5) is 0 Å². The third-order valence-electron chi connectivity index (χ3n) is 2.07. The van der Waals surface area contributed by atoms with Crippen molar-refractivity contribution in [2.45, 2.75) is 12.8 Å². The number of aliphatic hydroxyl groups excluding tert-OH is 1. The Labute approximate surface area is 78.4 Å². The van der Waals surface area contributed by atoms with Gasteiger partial charge >= 0.3 is 0 Å². The lowest BCUT2D eigenvalue weighted by molar-refractivity contribution is 0.282. The standard InChI is InChI=1S/C11H12NO/c1-8-3-4-10(9(2)7-13)5-11(8)6-12/h3-5,9,13H,2,7H2,1H3. The Balaban J connectivity index is 3.08. The van der Waals surface area contributed by atoms with E-state index in [1.165, 1.54) is 0 Å². The van der Waals surface area contributed by atoms with Crippen molar-refractivity contribution in [2.75, 3.05) is 6.61 Å². The fourth-order valence-electron chi connectivity index (χ4n) is 1.12. The lowest BCUT2D eigenvalue weighted by Gasteiger charge is -2.08. The molecule has 0 spiro atoms. The number of hydrogen-bond donors (Lipinski definition) is 1. The molecule has 0 aromatic heterocycles. The van der Waals surface area contributed by atoms with Gasteiger partial charge < -0.3 is 5.11 Å². The van der Waals surface area contributed by atoms with Crippen LogP contribution in [0.1, 0.15) is 22.6 Å². The lowest BCUT2D eigenvalue weighted by Crippen LogP contribution is -2.00. The topological polar surface area (TPSA) is 44.0 Å². The van der Waals surface area contributed by atoms with E-state index in [4.69, 9.17) is 10.4 Å². The summed E-state index contributed by atoms with van der Waals surface area (Å²) in [6, 6.07) is 7.66. The van der Waals surface area contributed by atoms with Crippen LogP contribution in [0.2, 0.25) is 0 Å². The highest BCUT2D eigenvalue weighted by atomic mass is 16.3. The van der Waals surface area contributed by atoms with Gasteiger partial charge in [-0.1, -0.05) is 12.1 Å². The second-order valence-electron chi connectivity index (χ2n) is 3.07. The fourth-order valence-corrected chi connectivity index (χ4v) is 1.12. The number of hydrogen-bond acceptors (Lipinski definition) is 2. The van der Waals surface area contributed by atoms with Gasteiger partial charge in [0.15, 0.2) is 0 Å². The third-order valence-corrected chi connectivity index (χ3v) is 2.07. The van der Waals surface area contributed by atoms with Crippen molar-refractivity contribution in [1.82, 2.24) is 0 Å². The van der Waals surface area contributed by atoms with Crippen LogP contribution >= 0.6 is 0 Å². The normalized spacial score (nSPS) is 12.2. The average molecular weight is 174 g/mol. The molecule has 2 nitrogen and oxygen atoms in total. The zero-order chi connectivity index (χ0) is 9.84. The Bertz CT molecular complexity index is 338. The molecule has 0 amide bonds. The molecule has 1 aromatic rings. The zero-order valence-corrected chi connectivity index (χ0v) is 7.62. The minimum atomic E-state index is -0.146. The summed E-state index contributed by atoms with van der Waals surface area (Å²) < 4.78 is 0. The summed E-state index contributed by atoms with van der Waals surface area (Å²) in [6.07, 6.45) is 0. The van der Waals surface area contributed by atoms with E-state index in [2.05, 4.69) is 13.0 Å². The van der Waals surface area contributed by atoms with Gasteiger partial charge in [0.1, 0.15) is 0 Å². The van der Waals surface area contributed by atoms with Crippen LogP contribution in [0.5, 0.6) is 0 Å². The number of rotatable bonds is 2. The maximum atomic E-state index is 8.88. The number of aliphatic hydroxyl groups is 1. The average Bonchev–Trinajstić information content (AvgIpc) is 2.17. The first kappa shape index (κ1) is 9.76. The van der Waals surface area contributed by atoms with Gasteiger partial charge in [-0.3, -0.25) is 0 Å². The van der Waals surface area contributed by atoms with Gasteiger partial charge in [-0.05, 0) is 31.0 Å². The van der Waals surface area contributed by atoms with E-state index in [-0.39, 0.29) is 12.5 Å². The summed E-state index contributed by atoms with van der Waals surface area (Å²) in [4.78, 5) is 0. The molecule has 0 saturated heterocycles. The van der Waals surface area contributed by atoms with E-state index in [9.17, 15) is 0 Å². The van der Waals surface area contributed by atoms with E-state index >= 15 is 0 Å². The Morgan fingerprint density at radius 2 is 2.31 bits per heavy atom. The summed E-state index contributed by atoms with van der Waals surface area (Å²) in [5.74, 6) is -0.146. The van der Waals surface area contributed by atoms with E-state index in [1.54, 1.807) is 6.07 Å². The second-order valence-corrected chi connectivity index (χ2v) is 3.07. The Morgan fingerprint density at radius 1 is 1.62 bits per heavy atom. The monoisotopic (exact) mass is 174 g/mol. The molecule has 67 valence electrons. The van der Waals surface area contributed by atoms with E-state index in [1.807, 2.05) is 19.1 Å².